The average Bonchev–Trinajstić information content (AvgIpc) is 3.18. The van der Waals surface area contributed by atoms with Crippen LogP contribution in [0.4, 0.5) is 0 Å². The number of carbonyl (C=O) groups excluding carboxylic acids is 1. The van der Waals surface area contributed by atoms with Crippen molar-refractivity contribution in [3.63, 3.8) is 0 Å². The third kappa shape index (κ3) is 4.12. The summed E-state index contributed by atoms with van der Waals surface area (Å²) in [6.45, 7) is 9.80. The van der Waals surface area contributed by atoms with Crippen LogP contribution in [0.2, 0.25) is 0 Å². The van der Waals surface area contributed by atoms with Gasteiger partial charge in [-0.3, -0.25) is 9.69 Å². The SMILES string of the molecule is Cc1cc(C(=O)NCC(C2CCOC2)N2CCOCC2)c(C)s1. The molecule has 0 aliphatic carbocycles. The minimum Gasteiger partial charge on any atom is -0.381 e. The normalized spacial score (nSPS) is 23.8. The number of amides is 1. The van der Waals surface area contributed by atoms with Crippen molar-refractivity contribution in [1.29, 1.82) is 0 Å². The number of rotatable bonds is 5. The highest BCUT2D eigenvalue weighted by Crippen LogP contribution is 2.23. The number of aryl methyl sites for hydroxylation is 2. The molecule has 3 heterocycles. The quantitative estimate of drug-likeness (QED) is 0.890. The van der Waals surface area contributed by atoms with Crippen LogP contribution in [-0.2, 0) is 9.47 Å². The van der Waals surface area contributed by atoms with E-state index in [9.17, 15) is 4.79 Å². The Hall–Kier alpha value is -0.950. The predicted molar refractivity (Wildman–Crippen MR) is 91.2 cm³/mol. The van der Waals surface area contributed by atoms with Gasteiger partial charge in [-0.05, 0) is 26.3 Å². The minimum atomic E-state index is 0.0454. The lowest BCUT2D eigenvalue weighted by atomic mass is 9.96. The first kappa shape index (κ1) is 16.9. The maximum absolute atomic E-state index is 12.5. The summed E-state index contributed by atoms with van der Waals surface area (Å²) in [5, 5.41) is 3.16. The van der Waals surface area contributed by atoms with E-state index >= 15 is 0 Å². The second kappa shape index (κ2) is 7.75. The van der Waals surface area contributed by atoms with Gasteiger partial charge in [0.05, 0.1) is 25.4 Å². The summed E-state index contributed by atoms with van der Waals surface area (Å²) in [7, 11) is 0. The average molecular weight is 338 g/mol. The molecule has 2 fully saturated rings. The topological polar surface area (TPSA) is 50.8 Å². The van der Waals surface area contributed by atoms with Crippen molar-refractivity contribution in [3.8, 4) is 0 Å². The van der Waals surface area contributed by atoms with E-state index in [-0.39, 0.29) is 5.91 Å². The molecule has 1 amide bonds. The molecule has 3 rings (SSSR count). The second-order valence-corrected chi connectivity index (χ2v) is 7.84. The minimum absolute atomic E-state index is 0.0454. The van der Waals surface area contributed by atoms with Gasteiger partial charge in [-0.25, -0.2) is 0 Å². The molecule has 6 heteroatoms. The molecular weight excluding hydrogens is 312 g/mol. The molecule has 2 unspecified atom stereocenters. The number of nitrogens with one attached hydrogen (secondary N) is 1. The molecule has 0 bridgehead atoms. The van der Waals surface area contributed by atoms with E-state index in [1.165, 1.54) is 4.88 Å². The first-order valence-electron chi connectivity index (χ1n) is 8.40. The van der Waals surface area contributed by atoms with Gasteiger partial charge in [-0.15, -0.1) is 11.3 Å². The number of carbonyl (C=O) groups is 1. The number of hydrogen-bond donors (Lipinski definition) is 1. The molecule has 5 nitrogen and oxygen atoms in total. The van der Waals surface area contributed by atoms with Crippen molar-refractivity contribution < 1.29 is 14.3 Å². The van der Waals surface area contributed by atoms with E-state index in [0.717, 1.165) is 56.4 Å². The lowest BCUT2D eigenvalue weighted by Crippen LogP contribution is -2.52. The van der Waals surface area contributed by atoms with E-state index in [4.69, 9.17) is 9.47 Å². The van der Waals surface area contributed by atoms with Gasteiger partial charge in [-0.2, -0.15) is 0 Å². The molecule has 1 aromatic rings. The molecule has 23 heavy (non-hydrogen) atoms. The molecule has 128 valence electrons. The summed E-state index contributed by atoms with van der Waals surface area (Å²) < 4.78 is 11.0. The summed E-state index contributed by atoms with van der Waals surface area (Å²) in [6, 6.07) is 2.32. The molecule has 1 aromatic heterocycles. The molecule has 0 saturated carbocycles. The van der Waals surface area contributed by atoms with Gasteiger partial charge in [0.2, 0.25) is 0 Å². The van der Waals surface area contributed by atoms with Crippen LogP contribution in [0.15, 0.2) is 6.07 Å². The van der Waals surface area contributed by atoms with Crippen LogP contribution in [-0.4, -0.2) is 62.9 Å². The van der Waals surface area contributed by atoms with Crippen molar-refractivity contribution in [3.05, 3.63) is 21.4 Å². The summed E-state index contributed by atoms with van der Waals surface area (Å²) in [6.07, 6.45) is 1.08. The highest BCUT2D eigenvalue weighted by atomic mass is 32.1. The van der Waals surface area contributed by atoms with E-state index in [0.29, 0.717) is 18.5 Å². The number of hydrogen-bond acceptors (Lipinski definition) is 5. The monoisotopic (exact) mass is 338 g/mol. The highest BCUT2D eigenvalue weighted by molar-refractivity contribution is 7.12. The van der Waals surface area contributed by atoms with Gasteiger partial charge < -0.3 is 14.8 Å². The van der Waals surface area contributed by atoms with Gasteiger partial charge in [0.25, 0.3) is 5.91 Å². The molecule has 2 saturated heterocycles. The van der Waals surface area contributed by atoms with Gasteiger partial charge >= 0.3 is 0 Å². The summed E-state index contributed by atoms with van der Waals surface area (Å²) >= 11 is 1.68. The Morgan fingerprint density at radius 1 is 1.35 bits per heavy atom. The van der Waals surface area contributed by atoms with Gasteiger partial charge in [-0.1, -0.05) is 0 Å². The van der Waals surface area contributed by atoms with Crippen LogP contribution in [0.3, 0.4) is 0 Å². The van der Waals surface area contributed by atoms with E-state index < -0.39 is 0 Å². The second-order valence-electron chi connectivity index (χ2n) is 6.38. The van der Waals surface area contributed by atoms with Crippen LogP contribution >= 0.6 is 11.3 Å². The molecule has 0 spiro atoms. The lowest BCUT2D eigenvalue weighted by molar-refractivity contribution is 0.00166. The maximum Gasteiger partial charge on any atom is 0.252 e. The smallest absolute Gasteiger partial charge is 0.252 e. The van der Waals surface area contributed by atoms with Gasteiger partial charge in [0, 0.05) is 48.0 Å². The van der Waals surface area contributed by atoms with Crippen molar-refractivity contribution in [1.82, 2.24) is 10.2 Å². The Labute approximate surface area is 142 Å². The van der Waals surface area contributed by atoms with Crippen molar-refractivity contribution in [2.45, 2.75) is 26.3 Å². The highest BCUT2D eigenvalue weighted by Gasteiger charge is 2.31. The summed E-state index contributed by atoms with van der Waals surface area (Å²) in [5.41, 5.74) is 0.816. The maximum atomic E-state index is 12.5. The number of thiophene rings is 1. The van der Waals surface area contributed by atoms with E-state index in [1.54, 1.807) is 11.3 Å². The zero-order valence-corrected chi connectivity index (χ0v) is 14.8. The van der Waals surface area contributed by atoms with E-state index in [2.05, 4.69) is 10.2 Å². The molecule has 1 N–H and O–H groups in total. The first-order chi connectivity index (χ1) is 11.1. The van der Waals surface area contributed by atoms with Crippen LogP contribution in [0.25, 0.3) is 0 Å². The van der Waals surface area contributed by atoms with Crippen molar-refractivity contribution in [2.75, 3.05) is 46.1 Å². The fourth-order valence-electron chi connectivity index (χ4n) is 3.51. The Morgan fingerprint density at radius 3 is 2.74 bits per heavy atom. The standard InChI is InChI=1S/C17H26N2O3S/c1-12-9-15(13(2)23-12)17(20)18-10-16(14-3-6-22-11-14)19-4-7-21-8-5-19/h9,14,16H,3-8,10-11H2,1-2H3,(H,18,20). The van der Waals surface area contributed by atoms with Gasteiger partial charge in [0.1, 0.15) is 0 Å². The van der Waals surface area contributed by atoms with Gasteiger partial charge in [0.15, 0.2) is 0 Å². The largest absolute Gasteiger partial charge is 0.381 e. The fourth-order valence-corrected chi connectivity index (χ4v) is 4.43. The Kier molecular flexibility index (Phi) is 5.69. The Balaban J connectivity index is 1.63. The zero-order chi connectivity index (χ0) is 16.2. The molecule has 2 atom stereocenters. The number of nitrogens with zero attached hydrogens (tertiary/aromatic N) is 1. The van der Waals surface area contributed by atoms with E-state index in [1.807, 2.05) is 19.9 Å². The van der Waals surface area contributed by atoms with Crippen molar-refractivity contribution >= 4 is 17.2 Å². The predicted octanol–water partition coefficient (Wildman–Crippen LogP) is 1.83. The third-order valence-corrected chi connectivity index (χ3v) is 5.75. The Bertz CT molecular complexity index is 534. The van der Waals surface area contributed by atoms with Crippen LogP contribution in [0.1, 0.15) is 26.5 Å². The number of ether oxygens (including phenoxy) is 2. The molecule has 0 aromatic carbocycles. The zero-order valence-electron chi connectivity index (χ0n) is 14.0. The molecular formula is C17H26N2O3S. The number of morpholine rings is 1. The van der Waals surface area contributed by atoms with Crippen molar-refractivity contribution in [2.24, 2.45) is 5.92 Å². The third-order valence-electron chi connectivity index (χ3n) is 4.78. The Morgan fingerprint density at radius 2 is 2.13 bits per heavy atom. The summed E-state index contributed by atoms with van der Waals surface area (Å²) in [4.78, 5) is 17.2. The molecule has 0 radical (unpaired) electrons. The fraction of sp³-hybridized carbons (Fsp3) is 0.706. The first-order valence-corrected chi connectivity index (χ1v) is 9.21. The molecule has 2 aliphatic rings. The van der Waals surface area contributed by atoms with Crippen LogP contribution in [0, 0.1) is 19.8 Å². The molecule has 2 aliphatic heterocycles. The van der Waals surface area contributed by atoms with Crippen LogP contribution < -0.4 is 5.32 Å². The summed E-state index contributed by atoms with van der Waals surface area (Å²) in [5.74, 6) is 0.544. The van der Waals surface area contributed by atoms with Crippen LogP contribution in [0.5, 0.6) is 0 Å². The lowest BCUT2D eigenvalue weighted by Gasteiger charge is -2.37.